The number of carbonyl (C=O) groups is 3. The molecule has 3 N–H and O–H groups in total. The first-order valence-electron chi connectivity index (χ1n) is 8.79. The normalized spacial score (nSPS) is 19.0. The molecule has 3 atom stereocenters. The first-order valence-corrected chi connectivity index (χ1v) is 8.79. The van der Waals surface area contributed by atoms with Crippen molar-refractivity contribution in [2.24, 2.45) is 0 Å². The predicted molar refractivity (Wildman–Crippen MR) is 98.2 cm³/mol. The van der Waals surface area contributed by atoms with E-state index in [1.54, 1.807) is 31.5 Å². The van der Waals surface area contributed by atoms with Crippen LogP contribution in [0.3, 0.4) is 0 Å². The monoisotopic (exact) mass is 370 g/mol. The minimum atomic E-state index is -0.785. The number of benzene rings is 1. The molecule has 1 aliphatic heterocycles. The number of rotatable bonds is 8. The van der Waals surface area contributed by atoms with E-state index in [2.05, 4.69) is 16.1 Å². The second-order valence-corrected chi connectivity index (χ2v) is 6.19. The summed E-state index contributed by atoms with van der Waals surface area (Å²) in [6.07, 6.45) is 3.72. The maximum absolute atomic E-state index is 12.7. The molecule has 0 saturated carbocycles. The van der Waals surface area contributed by atoms with Crippen molar-refractivity contribution in [2.75, 3.05) is 12.0 Å². The Labute approximate surface area is 156 Å². The highest BCUT2D eigenvalue weighted by Gasteiger charge is 2.49. The Morgan fingerprint density at radius 1 is 1.11 bits per heavy atom. The van der Waals surface area contributed by atoms with E-state index in [9.17, 15) is 14.4 Å². The lowest BCUT2D eigenvalue weighted by Gasteiger charge is -2.19. The molecule has 0 bridgehead atoms. The summed E-state index contributed by atoms with van der Waals surface area (Å²) < 4.78 is 6.42. The zero-order valence-corrected chi connectivity index (χ0v) is 14.9. The highest BCUT2D eigenvalue weighted by atomic mass is 16.5. The van der Waals surface area contributed by atoms with Crippen LogP contribution in [0, 0.1) is 0 Å². The van der Waals surface area contributed by atoms with Crippen LogP contribution in [0.4, 0.5) is 0 Å². The molecule has 0 spiro atoms. The maximum Gasteiger partial charge on any atom is 0.325 e. The van der Waals surface area contributed by atoms with E-state index in [4.69, 9.17) is 4.74 Å². The Morgan fingerprint density at radius 2 is 1.81 bits per heavy atom. The Morgan fingerprint density at radius 3 is 2.48 bits per heavy atom. The molecule has 1 aromatic carbocycles. The van der Waals surface area contributed by atoms with E-state index in [1.165, 1.54) is 4.68 Å². The van der Waals surface area contributed by atoms with E-state index in [0.717, 1.165) is 5.56 Å². The summed E-state index contributed by atoms with van der Waals surface area (Å²) >= 11 is 0. The fraction of sp³-hybridized carbons (Fsp3) is 0.316. The van der Waals surface area contributed by atoms with Gasteiger partial charge in [-0.25, -0.2) is 0 Å². The molecule has 2 heterocycles. The second-order valence-electron chi connectivity index (χ2n) is 6.19. The van der Waals surface area contributed by atoms with Crippen LogP contribution in [-0.4, -0.2) is 47.2 Å². The molecule has 2 amide bonds. The van der Waals surface area contributed by atoms with Gasteiger partial charge in [0, 0.05) is 18.8 Å². The van der Waals surface area contributed by atoms with Crippen molar-refractivity contribution in [1.82, 2.24) is 15.3 Å². The number of amides is 2. The molecule has 1 fully saturated rings. The van der Waals surface area contributed by atoms with Crippen LogP contribution in [-0.2, 0) is 25.5 Å². The fourth-order valence-electron chi connectivity index (χ4n) is 2.74. The number of nitrogens with one attached hydrogen (secondary N) is 3. The van der Waals surface area contributed by atoms with Gasteiger partial charge in [-0.1, -0.05) is 30.3 Å². The van der Waals surface area contributed by atoms with Crippen molar-refractivity contribution in [3.63, 3.8) is 0 Å². The van der Waals surface area contributed by atoms with Gasteiger partial charge in [0.1, 0.15) is 18.1 Å². The van der Waals surface area contributed by atoms with Crippen LogP contribution in [0.25, 0.3) is 0 Å². The summed E-state index contributed by atoms with van der Waals surface area (Å²) in [5, 5.41) is 5.52. The minimum Gasteiger partial charge on any atom is -0.465 e. The van der Waals surface area contributed by atoms with Crippen LogP contribution >= 0.6 is 0 Å². The van der Waals surface area contributed by atoms with Gasteiger partial charge in [0.25, 0.3) is 5.91 Å². The van der Waals surface area contributed by atoms with Crippen molar-refractivity contribution >= 4 is 17.8 Å². The molecule has 1 aromatic heterocycles. The zero-order chi connectivity index (χ0) is 19.2. The summed E-state index contributed by atoms with van der Waals surface area (Å²) in [7, 11) is 0. The number of ether oxygens (including phenoxy) is 1. The van der Waals surface area contributed by atoms with Crippen LogP contribution in [0.15, 0.2) is 54.9 Å². The lowest BCUT2D eigenvalue weighted by Crippen LogP contribution is -2.49. The third-order valence-corrected chi connectivity index (χ3v) is 4.17. The van der Waals surface area contributed by atoms with Crippen molar-refractivity contribution in [2.45, 2.75) is 31.5 Å². The van der Waals surface area contributed by atoms with E-state index in [0.29, 0.717) is 6.42 Å². The average Bonchev–Trinajstić information content (AvgIpc) is 3.32. The zero-order valence-electron chi connectivity index (χ0n) is 14.9. The quantitative estimate of drug-likeness (QED) is 0.454. The van der Waals surface area contributed by atoms with Crippen LogP contribution in [0.1, 0.15) is 12.5 Å². The Balaban J connectivity index is 1.65. The molecular formula is C19H22N4O4. The van der Waals surface area contributed by atoms with Gasteiger partial charge in [-0.3, -0.25) is 29.8 Å². The van der Waals surface area contributed by atoms with Gasteiger partial charge in [0.05, 0.1) is 6.61 Å². The van der Waals surface area contributed by atoms with Gasteiger partial charge in [0.2, 0.25) is 5.91 Å². The number of esters is 1. The third kappa shape index (κ3) is 4.95. The molecule has 142 valence electrons. The average molecular weight is 370 g/mol. The number of carbonyl (C=O) groups excluding carboxylic acids is 3. The first kappa shape index (κ1) is 18.7. The largest absolute Gasteiger partial charge is 0.465 e. The van der Waals surface area contributed by atoms with E-state index < -0.39 is 30.0 Å². The molecule has 27 heavy (non-hydrogen) atoms. The second kappa shape index (κ2) is 8.50. The van der Waals surface area contributed by atoms with Gasteiger partial charge in [-0.15, -0.1) is 0 Å². The Hall–Kier alpha value is -3.13. The molecule has 0 aliphatic carbocycles. The van der Waals surface area contributed by atoms with Crippen LogP contribution in [0.2, 0.25) is 0 Å². The Bertz CT molecular complexity index is 791. The number of aromatic nitrogens is 1. The lowest BCUT2D eigenvalue weighted by atomic mass is 10.1. The Kier molecular flexibility index (Phi) is 5.87. The van der Waals surface area contributed by atoms with E-state index in [1.807, 2.05) is 30.3 Å². The number of nitrogens with zero attached hydrogens (tertiary/aromatic N) is 1. The SMILES string of the molecule is CCOC(=O)[C@H]1N[C@@H]1C(=O)N[C@@H](Cc1ccccc1)C(=O)Nn1cccc1. The topological polar surface area (TPSA) is 111 Å². The van der Waals surface area contributed by atoms with Crippen LogP contribution < -0.4 is 16.1 Å². The highest BCUT2D eigenvalue weighted by molar-refractivity contribution is 5.99. The van der Waals surface area contributed by atoms with Crippen molar-refractivity contribution in [3.8, 4) is 0 Å². The molecule has 1 saturated heterocycles. The van der Waals surface area contributed by atoms with E-state index >= 15 is 0 Å². The summed E-state index contributed by atoms with van der Waals surface area (Å²) in [6, 6.07) is 10.8. The maximum atomic E-state index is 12.7. The van der Waals surface area contributed by atoms with Gasteiger partial charge in [0.15, 0.2) is 0 Å². The summed E-state index contributed by atoms with van der Waals surface area (Å²) in [6.45, 7) is 1.96. The van der Waals surface area contributed by atoms with Gasteiger partial charge < -0.3 is 10.1 Å². The molecule has 3 rings (SSSR count). The summed E-state index contributed by atoms with van der Waals surface area (Å²) in [4.78, 5) is 36.8. The minimum absolute atomic E-state index is 0.251. The van der Waals surface area contributed by atoms with Gasteiger partial charge >= 0.3 is 5.97 Å². The smallest absolute Gasteiger partial charge is 0.325 e. The summed E-state index contributed by atoms with van der Waals surface area (Å²) in [5.41, 5.74) is 3.63. The predicted octanol–water partition coefficient (Wildman–Crippen LogP) is 0.189. The fourth-order valence-corrected chi connectivity index (χ4v) is 2.74. The molecule has 0 unspecified atom stereocenters. The molecule has 8 nitrogen and oxygen atoms in total. The van der Waals surface area contributed by atoms with E-state index in [-0.39, 0.29) is 12.5 Å². The summed E-state index contributed by atoms with van der Waals surface area (Å²) in [5.74, 6) is -1.22. The molecule has 8 heteroatoms. The standard InChI is InChI=1S/C19H22N4O4/c1-2-27-19(26)16-15(21-16)18(25)20-14(12-13-8-4-3-5-9-13)17(24)22-23-10-6-7-11-23/h3-11,14-16,21H,2,12H2,1H3,(H,20,25)(H,22,24)/t14-,15-,16-/m0/s1. The van der Waals surface area contributed by atoms with Crippen molar-refractivity contribution in [1.29, 1.82) is 0 Å². The molecule has 1 aliphatic rings. The van der Waals surface area contributed by atoms with Crippen molar-refractivity contribution in [3.05, 3.63) is 60.4 Å². The molecule has 2 aromatic rings. The van der Waals surface area contributed by atoms with Crippen LogP contribution in [0.5, 0.6) is 0 Å². The first-order chi connectivity index (χ1) is 13.1. The number of hydrogen-bond acceptors (Lipinski definition) is 5. The molecular weight excluding hydrogens is 348 g/mol. The van der Waals surface area contributed by atoms with Gasteiger partial charge in [-0.2, -0.15) is 0 Å². The molecule has 0 radical (unpaired) electrons. The third-order valence-electron chi connectivity index (χ3n) is 4.17. The highest BCUT2D eigenvalue weighted by Crippen LogP contribution is 2.14. The lowest BCUT2D eigenvalue weighted by molar-refractivity contribution is -0.143. The van der Waals surface area contributed by atoms with Gasteiger partial charge in [-0.05, 0) is 24.6 Å². The number of hydrogen-bond donors (Lipinski definition) is 3. The van der Waals surface area contributed by atoms with Crippen molar-refractivity contribution < 1.29 is 19.1 Å².